The highest BCUT2D eigenvalue weighted by Crippen LogP contribution is 2.39. The van der Waals surface area contributed by atoms with Gasteiger partial charge in [-0.25, -0.2) is 8.42 Å². The molecule has 8 heteroatoms. The summed E-state index contributed by atoms with van der Waals surface area (Å²) in [5.41, 5.74) is 1.13. The minimum atomic E-state index is -3.95. The van der Waals surface area contributed by atoms with Gasteiger partial charge in [-0.1, -0.05) is 11.6 Å². The Balaban J connectivity index is 2.18. The first-order valence-corrected chi connectivity index (χ1v) is 11.3. The lowest BCUT2D eigenvalue weighted by Gasteiger charge is -2.32. The van der Waals surface area contributed by atoms with Crippen molar-refractivity contribution in [1.29, 1.82) is 0 Å². The van der Waals surface area contributed by atoms with Crippen LogP contribution in [0.1, 0.15) is 18.5 Å². The predicted octanol–water partition coefficient (Wildman–Crippen LogP) is 5.32. The van der Waals surface area contributed by atoms with Crippen molar-refractivity contribution in [3.63, 3.8) is 0 Å². The molecule has 0 saturated carbocycles. The Morgan fingerprint density at radius 3 is 1.94 bits per heavy atom. The summed E-state index contributed by atoms with van der Waals surface area (Å²) in [7, 11) is 0.684. The Morgan fingerprint density at radius 1 is 0.806 bits per heavy atom. The summed E-state index contributed by atoms with van der Waals surface area (Å²) < 4.78 is 44.9. The lowest BCUT2D eigenvalue weighted by atomic mass is 10.1. The number of rotatable bonds is 8. The number of hydrogen-bond donors (Lipinski definition) is 0. The molecule has 0 N–H and O–H groups in total. The van der Waals surface area contributed by atoms with E-state index in [9.17, 15) is 8.42 Å². The van der Waals surface area contributed by atoms with Crippen molar-refractivity contribution in [3.05, 3.63) is 77.3 Å². The standard InChI is InChI=1S/C23H24ClNO5S/c1-16(22-15-20(29-3)11-14-23(22)30-4)25(18-7-5-17(24)6-8-18)31(26,27)21-12-9-19(28-2)10-13-21/h5-16H,1-4H3. The van der Waals surface area contributed by atoms with Crippen LogP contribution in [0, 0.1) is 0 Å². The molecule has 3 aromatic carbocycles. The maximum absolute atomic E-state index is 13.8. The molecule has 0 bridgehead atoms. The van der Waals surface area contributed by atoms with Gasteiger partial charge in [-0.2, -0.15) is 0 Å². The fourth-order valence-electron chi connectivity index (χ4n) is 3.31. The molecule has 0 amide bonds. The van der Waals surface area contributed by atoms with Gasteiger partial charge in [0.25, 0.3) is 10.0 Å². The first-order valence-electron chi connectivity index (χ1n) is 9.47. The van der Waals surface area contributed by atoms with E-state index in [1.807, 2.05) is 0 Å². The third kappa shape index (κ3) is 4.73. The number of ether oxygens (including phenoxy) is 3. The van der Waals surface area contributed by atoms with Crippen LogP contribution in [0.2, 0.25) is 5.02 Å². The SMILES string of the molecule is COc1ccc(S(=O)(=O)N(c2ccc(Cl)cc2)C(C)c2cc(OC)ccc2OC)cc1. The number of anilines is 1. The molecule has 0 radical (unpaired) electrons. The van der Waals surface area contributed by atoms with Crippen molar-refractivity contribution in [2.45, 2.75) is 17.9 Å². The molecule has 1 atom stereocenters. The molecule has 6 nitrogen and oxygen atoms in total. The van der Waals surface area contributed by atoms with Gasteiger partial charge in [0.1, 0.15) is 17.2 Å². The number of methoxy groups -OCH3 is 3. The normalized spacial score (nSPS) is 12.2. The molecule has 0 aromatic heterocycles. The molecule has 1 unspecified atom stereocenters. The zero-order valence-electron chi connectivity index (χ0n) is 17.7. The van der Waals surface area contributed by atoms with Crippen LogP contribution in [-0.4, -0.2) is 29.7 Å². The average molecular weight is 462 g/mol. The molecule has 0 fully saturated rings. The number of benzene rings is 3. The second-order valence-electron chi connectivity index (χ2n) is 6.74. The van der Waals surface area contributed by atoms with E-state index >= 15 is 0 Å². The Hall–Kier alpha value is -2.90. The molecule has 3 aromatic rings. The Bertz CT molecular complexity index is 1130. The topological polar surface area (TPSA) is 65.1 Å². The van der Waals surface area contributed by atoms with Crippen LogP contribution in [0.25, 0.3) is 0 Å². The summed E-state index contributed by atoms with van der Waals surface area (Å²) >= 11 is 6.05. The molecule has 3 rings (SSSR count). The Labute approximate surface area is 188 Å². The van der Waals surface area contributed by atoms with Crippen LogP contribution in [0.3, 0.4) is 0 Å². The van der Waals surface area contributed by atoms with Gasteiger partial charge in [0.2, 0.25) is 0 Å². The summed E-state index contributed by atoms with van der Waals surface area (Å²) in [6.07, 6.45) is 0. The molecule has 0 spiro atoms. The zero-order valence-corrected chi connectivity index (χ0v) is 19.3. The van der Waals surface area contributed by atoms with Gasteiger partial charge < -0.3 is 14.2 Å². The van der Waals surface area contributed by atoms with Crippen molar-refractivity contribution in [2.75, 3.05) is 25.6 Å². The first-order chi connectivity index (χ1) is 14.8. The van der Waals surface area contributed by atoms with Gasteiger partial charge >= 0.3 is 0 Å². The van der Waals surface area contributed by atoms with Gasteiger partial charge in [0.15, 0.2) is 0 Å². The molecule has 164 valence electrons. The maximum atomic E-state index is 13.8. The van der Waals surface area contributed by atoms with Crippen LogP contribution in [0.4, 0.5) is 5.69 Å². The van der Waals surface area contributed by atoms with Gasteiger partial charge in [0, 0.05) is 10.6 Å². The van der Waals surface area contributed by atoms with E-state index in [4.69, 9.17) is 25.8 Å². The highest BCUT2D eigenvalue weighted by Gasteiger charge is 2.32. The van der Waals surface area contributed by atoms with Crippen LogP contribution in [0.5, 0.6) is 17.2 Å². The molecular weight excluding hydrogens is 438 g/mol. The number of hydrogen-bond acceptors (Lipinski definition) is 5. The lowest BCUT2D eigenvalue weighted by Crippen LogP contribution is -2.34. The van der Waals surface area contributed by atoms with Gasteiger partial charge in [0.05, 0.1) is 38.0 Å². The Morgan fingerprint density at radius 2 is 1.39 bits per heavy atom. The van der Waals surface area contributed by atoms with Gasteiger partial charge in [-0.3, -0.25) is 4.31 Å². The van der Waals surface area contributed by atoms with E-state index in [2.05, 4.69) is 0 Å². The number of sulfonamides is 1. The molecule has 0 aliphatic rings. The smallest absolute Gasteiger partial charge is 0.264 e. The van der Waals surface area contributed by atoms with E-state index in [0.29, 0.717) is 33.5 Å². The molecular formula is C23H24ClNO5S. The highest BCUT2D eigenvalue weighted by molar-refractivity contribution is 7.92. The number of halogens is 1. The average Bonchev–Trinajstić information content (AvgIpc) is 2.79. The van der Waals surface area contributed by atoms with Crippen molar-refractivity contribution in [1.82, 2.24) is 0 Å². The summed E-state index contributed by atoms with van der Waals surface area (Å²) in [5, 5.41) is 0.511. The summed E-state index contributed by atoms with van der Waals surface area (Å²) in [4.78, 5) is 0.136. The summed E-state index contributed by atoms with van der Waals surface area (Å²) in [6, 6.07) is 17.6. The van der Waals surface area contributed by atoms with Crippen LogP contribution in [0.15, 0.2) is 71.6 Å². The maximum Gasteiger partial charge on any atom is 0.264 e. The van der Waals surface area contributed by atoms with Crippen LogP contribution < -0.4 is 18.5 Å². The summed E-state index contributed by atoms with van der Waals surface area (Å²) in [5.74, 6) is 1.72. The first kappa shape index (κ1) is 22.8. The van der Waals surface area contributed by atoms with E-state index in [1.54, 1.807) is 75.7 Å². The third-order valence-electron chi connectivity index (χ3n) is 4.94. The van der Waals surface area contributed by atoms with Crippen molar-refractivity contribution in [2.24, 2.45) is 0 Å². The number of nitrogens with zero attached hydrogens (tertiary/aromatic N) is 1. The minimum absolute atomic E-state index is 0.136. The summed E-state index contributed by atoms with van der Waals surface area (Å²) in [6.45, 7) is 1.80. The fraction of sp³-hybridized carbons (Fsp3) is 0.217. The van der Waals surface area contributed by atoms with Crippen LogP contribution >= 0.6 is 11.6 Å². The van der Waals surface area contributed by atoms with Gasteiger partial charge in [-0.05, 0) is 73.7 Å². The molecule has 31 heavy (non-hydrogen) atoms. The highest BCUT2D eigenvalue weighted by atomic mass is 35.5. The van der Waals surface area contributed by atoms with Crippen LogP contribution in [-0.2, 0) is 10.0 Å². The third-order valence-corrected chi connectivity index (χ3v) is 7.10. The van der Waals surface area contributed by atoms with E-state index in [0.717, 1.165) is 0 Å². The fourth-order valence-corrected chi connectivity index (χ4v) is 5.07. The van der Waals surface area contributed by atoms with Crippen molar-refractivity contribution in [3.8, 4) is 17.2 Å². The molecule has 0 aliphatic carbocycles. The molecule has 0 heterocycles. The van der Waals surface area contributed by atoms with Gasteiger partial charge in [-0.15, -0.1) is 0 Å². The molecule has 0 saturated heterocycles. The van der Waals surface area contributed by atoms with E-state index in [-0.39, 0.29) is 4.90 Å². The van der Waals surface area contributed by atoms with E-state index < -0.39 is 16.1 Å². The zero-order chi connectivity index (χ0) is 22.6. The monoisotopic (exact) mass is 461 g/mol. The molecule has 0 aliphatic heterocycles. The quantitative estimate of drug-likeness (QED) is 0.454. The van der Waals surface area contributed by atoms with Crippen molar-refractivity contribution >= 4 is 27.3 Å². The second kappa shape index (κ2) is 9.49. The van der Waals surface area contributed by atoms with Crippen molar-refractivity contribution < 1.29 is 22.6 Å². The van der Waals surface area contributed by atoms with E-state index in [1.165, 1.54) is 23.5 Å². The minimum Gasteiger partial charge on any atom is -0.497 e. The lowest BCUT2D eigenvalue weighted by molar-refractivity contribution is 0.396. The predicted molar refractivity (Wildman–Crippen MR) is 122 cm³/mol. The Kier molecular flexibility index (Phi) is 6.97. The largest absolute Gasteiger partial charge is 0.497 e. The second-order valence-corrected chi connectivity index (χ2v) is 8.99.